The number of carbonyl (C=O) groups excluding carboxylic acids is 1. The van der Waals surface area contributed by atoms with E-state index in [1.54, 1.807) is 48.5 Å². The van der Waals surface area contributed by atoms with Gasteiger partial charge in [-0.25, -0.2) is 0 Å². The number of fused-ring (bicyclic) bond motifs is 1. The number of nitrogens with zero attached hydrogens (tertiary/aromatic N) is 1. The van der Waals surface area contributed by atoms with Crippen molar-refractivity contribution in [3.05, 3.63) is 98.1 Å². The van der Waals surface area contributed by atoms with E-state index in [0.717, 1.165) is 5.56 Å². The van der Waals surface area contributed by atoms with Crippen LogP contribution in [0.1, 0.15) is 34.0 Å². The van der Waals surface area contributed by atoms with Crippen molar-refractivity contribution in [1.82, 2.24) is 0 Å². The summed E-state index contributed by atoms with van der Waals surface area (Å²) in [4.78, 5) is 23.3. The van der Waals surface area contributed by atoms with E-state index in [1.165, 1.54) is 18.2 Å². The standard InChI is InChI=1S/C26H22ClNO7/c1-2-33-25-10-17(6-8-23(29)18-4-3-5-21(27)11-18)7-9-24(25)34-15-20-13-22(28(30)31)12-19-14-32-16-35-26(19)20/h3-13H,2,14-16H2,1H3. The summed E-state index contributed by atoms with van der Waals surface area (Å²) < 4.78 is 22.5. The zero-order valence-corrected chi connectivity index (χ0v) is 19.6. The van der Waals surface area contributed by atoms with Gasteiger partial charge in [-0.2, -0.15) is 0 Å². The van der Waals surface area contributed by atoms with E-state index in [-0.39, 0.29) is 31.5 Å². The summed E-state index contributed by atoms with van der Waals surface area (Å²) in [5, 5.41) is 11.8. The third kappa shape index (κ3) is 5.98. The Hall–Kier alpha value is -3.88. The van der Waals surface area contributed by atoms with Crippen LogP contribution in [0.25, 0.3) is 6.08 Å². The third-order valence-corrected chi connectivity index (χ3v) is 5.40. The second-order valence-corrected chi connectivity index (χ2v) is 8.03. The lowest BCUT2D eigenvalue weighted by atomic mass is 10.1. The first-order valence-corrected chi connectivity index (χ1v) is 11.2. The first-order valence-electron chi connectivity index (χ1n) is 10.8. The summed E-state index contributed by atoms with van der Waals surface area (Å²) in [5.41, 5.74) is 2.30. The fourth-order valence-corrected chi connectivity index (χ4v) is 3.77. The molecule has 0 aromatic heterocycles. The lowest BCUT2D eigenvalue weighted by Crippen LogP contribution is -2.14. The monoisotopic (exact) mass is 495 g/mol. The molecule has 0 N–H and O–H groups in total. The maximum absolute atomic E-state index is 12.4. The number of halogens is 1. The molecule has 8 nitrogen and oxygen atoms in total. The van der Waals surface area contributed by atoms with Gasteiger partial charge in [0.2, 0.25) is 0 Å². The van der Waals surface area contributed by atoms with Gasteiger partial charge in [0, 0.05) is 33.8 Å². The largest absolute Gasteiger partial charge is 0.490 e. The molecule has 0 spiro atoms. The number of ketones is 1. The van der Waals surface area contributed by atoms with Crippen molar-refractivity contribution in [1.29, 1.82) is 0 Å². The molecule has 0 atom stereocenters. The second kappa shape index (κ2) is 11.0. The van der Waals surface area contributed by atoms with Crippen molar-refractivity contribution in [3.8, 4) is 17.2 Å². The number of hydrogen-bond donors (Lipinski definition) is 0. The second-order valence-electron chi connectivity index (χ2n) is 7.60. The summed E-state index contributed by atoms with van der Waals surface area (Å²) >= 11 is 5.96. The van der Waals surface area contributed by atoms with Gasteiger partial charge >= 0.3 is 0 Å². The van der Waals surface area contributed by atoms with Crippen LogP contribution in [0.15, 0.2) is 60.7 Å². The molecule has 0 saturated heterocycles. The molecule has 0 saturated carbocycles. The number of carbonyl (C=O) groups is 1. The van der Waals surface area contributed by atoms with Crippen LogP contribution in [-0.4, -0.2) is 24.1 Å². The number of nitro groups is 1. The van der Waals surface area contributed by atoms with E-state index in [2.05, 4.69) is 0 Å². The zero-order valence-electron chi connectivity index (χ0n) is 18.9. The molecular weight excluding hydrogens is 474 g/mol. The van der Waals surface area contributed by atoms with Gasteiger partial charge in [-0.3, -0.25) is 14.9 Å². The number of allylic oxidation sites excluding steroid dienone is 1. The SMILES string of the molecule is CCOc1cc(C=CC(=O)c2cccc(Cl)c2)ccc1OCc1cc([N+](=O)[O-])cc2c1OCOC2. The van der Waals surface area contributed by atoms with Gasteiger partial charge in [0.25, 0.3) is 5.69 Å². The molecular formula is C26H22ClNO7. The number of non-ortho nitro benzene ring substituents is 1. The lowest BCUT2D eigenvalue weighted by Gasteiger charge is -2.21. The van der Waals surface area contributed by atoms with Gasteiger partial charge in [-0.15, -0.1) is 0 Å². The van der Waals surface area contributed by atoms with Gasteiger partial charge in [-0.05, 0) is 42.8 Å². The predicted octanol–water partition coefficient (Wildman–Crippen LogP) is 5.99. The Morgan fingerprint density at radius 2 is 2.00 bits per heavy atom. The van der Waals surface area contributed by atoms with Crippen LogP contribution in [0.4, 0.5) is 5.69 Å². The minimum Gasteiger partial charge on any atom is -0.490 e. The first kappa shape index (κ1) is 24.3. The highest BCUT2D eigenvalue weighted by Gasteiger charge is 2.21. The normalized spacial score (nSPS) is 12.6. The Bertz CT molecular complexity index is 1290. The van der Waals surface area contributed by atoms with Crippen LogP contribution in [0.5, 0.6) is 17.2 Å². The van der Waals surface area contributed by atoms with Crippen molar-refractivity contribution in [2.24, 2.45) is 0 Å². The molecule has 3 aromatic rings. The number of benzene rings is 3. The van der Waals surface area contributed by atoms with Crippen molar-refractivity contribution in [2.45, 2.75) is 20.1 Å². The first-order chi connectivity index (χ1) is 16.9. The Balaban J connectivity index is 1.53. The number of hydrogen-bond acceptors (Lipinski definition) is 7. The summed E-state index contributed by atoms with van der Waals surface area (Å²) in [6.45, 7) is 2.57. The highest BCUT2D eigenvalue weighted by Crippen LogP contribution is 2.35. The number of nitro benzene ring substituents is 1. The van der Waals surface area contributed by atoms with Crippen LogP contribution in [0.3, 0.4) is 0 Å². The van der Waals surface area contributed by atoms with Gasteiger partial charge in [0.05, 0.1) is 18.1 Å². The molecule has 0 bridgehead atoms. The molecule has 1 aliphatic heterocycles. The smallest absolute Gasteiger partial charge is 0.270 e. The Labute approximate surface area is 206 Å². The molecule has 3 aromatic carbocycles. The molecule has 0 radical (unpaired) electrons. The van der Waals surface area contributed by atoms with E-state index < -0.39 is 4.92 Å². The summed E-state index contributed by atoms with van der Waals surface area (Å²) in [6.07, 6.45) is 3.15. The maximum Gasteiger partial charge on any atom is 0.270 e. The quantitative estimate of drug-likeness (QED) is 0.156. The molecule has 1 heterocycles. The molecule has 0 fully saturated rings. The van der Waals surface area contributed by atoms with E-state index in [9.17, 15) is 14.9 Å². The zero-order chi connectivity index (χ0) is 24.8. The van der Waals surface area contributed by atoms with Crippen LogP contribution in [0, 0.1) is 10.1 Å². The molecule has 180 valence electrons. The van der Waals surface area contributed by atoms with Gasteiger partial charge in [0.15, 0.2) is 24.1 Å². The Kier molecular flexibility index (Phi) is 7.64. The van der Waals surface area contributed by atoms with Crippen LogP contribution in [0.2, 0.25) is 5.02 Å². The van der Waals surface area contributed by atoms with Crippen LogP contribution in [-0.2, 0) is 18.0 Å². The predicted molar refractivity (Wildman–Crippen MR) is 130 cm³/mol. The lowest BCUT2D eigenvalue weighted by molar-refractivity contribution is -0.385. The summed E-state index contributed by atoms with van der Waals surface area (Å²) in [7, 11) is 0. The fourth-order valence-electron chi connectivity index (χ4n) is 3.57. The van der Waals surface area contributed by atoms with Crippen LogP contribution >= 0.6 is 11.6 Å². The minimum atomic E-state index is -0.462. The van der Waals surface area contributed by atoms with E-state index in [1.807, 2.05) is 6.92 Å². The highest BCUT2D eigenvalue weighted by molar-refractivity contribution is 6.31. The topological polar surface area (TPSA) is 97.1 Å². The van der Waals surface area contributed by atoms with Gasteiger partial charge < -0.3 is 18.9 Å². The number of ether oxygens (including phenoxy) is 4. The van der Waals surface area contributed by atoms with Crippen LogP contribution < -0.4 is 14.2 Å². The fraction of sp³-hybridized carbons (Fsp3) is 0.192. The summed E-state index contributed by atoms with van der Waals surface area (Å²) in [5.74, 6) is 1.29. The summed E-state index contributed by atoms with van der Waals surface area (Å²) in [6, 6.07) is 14.9. The van der Waals surface area contributed by atoms with E-state index in [0.29, 0.717) is 45.6 Å². The van der Waals surface area contributed by atoms with E-state index in [4.69, 9.17) is 30.5 Å². The molecule has 35 heavy (non-hydrogen) atoms. The third-order valence-electron chi connectivity index (χ3n) is 5.17. The highest BCUT2D eigenvalue weighted by atomic mass is 35.5. The Morgan fingerprint density at radius 3 is 2.77 bits per heavy atom. The minimum absolute atomic E-state index is 0.0343. The maximum atomic E-state index is 12.4. The van der Waals surface area contributed by atoms with Crippen molar-refractivity contribution >= 4 is 29.1 Å². The average Bonchev–Trinajstić information content (AvgIpc) is 2.86. The molecule has 0 unspecified atom stereocenters. The van der Waals surface area contributed by atoms with Gasteiger partial charge in [0.1, 0.15) is 12.4 Å². The van der Waals surface area contributed by atoms with Crippen molar-refractivity contribution < 1.29 is 28.7 Å². The van der Waals surface area contributed by atoms with E-state index >= 15 is 0 Å². The number of rotatable bonds is 9. The molecule has 0 aliphatic carbocycles. The Morgan fingerprint density at radius 1 is 1.14 bits per heavy atom. The molecule has 1 aliphatic rings. The molecule has 0 amide bonds. The molecule has 9 heteroatoms. The van der Waals surface area contributed by atoms with Crippen molar-refractivity contribution in [3.63, 3.8) is 0 Å². The average molecular weight is 496 g/mol. The molecule has 4 rings (SSSR count). The van der Waals surface area contributed by atoms with Gasteiger partial charge in [-0.1, -0.05) is 35.9 Å². The van der Waals surface area contributed by atoms with Crippen molar-refractivity contribution in [2.75, 3.05) is 13.4 Å².